The number of carbonyl (C=O) groups is 3. The Hall–Kier alpha value is -3.30. The predicted octanol–water partition coefficient (Wildman–Crippen LogP) is 3.82. The average Bonchev–Trinajstić information content (AvgIpc) is 3.30. The van der Waals surface area contributed by atoms with Crippen LogP contribution in [0.3, 0.4) is 0 Å². The number of nitrogens with two attached hydrogens (primary N) is 1. The van der Waals surface area contributed by atoms with E-state index in [0.717, 1.165) is 25.5 Å². The van der Waals surface area contributed by atoms with Crippen LogP contribution in [0.4, 0.5) is 10.5 Å². The number of hydrogen-bond acceptors (Lipinski definition) is 5. The molecular formula is C21H18BrClN4O4. The molecule has 4 amide bonds. The normalized spacial score (nSPS) is 13.3. The first-order valence-corrected chi connectivity index (χ1v) is 9.83. The number of nitrogen functional groups attached to an aromatic ring is 1. The minimum absolute atomic E-state index is 0. The van der Waals surface area contributed by atoms with Crippen LogP contribution in [0.5, 0.6) is 0 Å². The molecule has 160 valence electrons. The fourth-order valence-electron chi connectivity index (χ4n) is 3.09. The largest absolute Gasteiger partial charge is 0.451 e. The monoisotopic (exact) mass is 504 g/mol. The standard InChI is InChI=1S/C21H17BrN4O4.ClH/c22-15-5-2-4-14(10-15)17-7-8-18(30-17)20(28)24-26-12-19(27)25(21(26)29)11-13-3-1-6-16(23)9-13;/h1-10H,11-12,23H2,(H,24,28);1H. The number of nitrogens with one attached hydrogen (secondary N) is 1. The summed E-state index contributed by atoms with van der Waals surface area (Å²) >= 11 is 3.39. The first kappa shape index (κ1) is 22.4. The number of rotatable bonds is 5. The summed E-state index contributed by atoms with van der Waals surface area (Å²) in [5.41, 5.74) is 10.2. The summed E-state index contributed by atoms with van der Waals surface area (Å²) in [6, 6.07) is 16.9. The van der Waals surface area contributed by atoms with Gasteiger partial charge < -0.3 is 10.2 Å². The second-order valence-corrected chi connectivity index (χ2v) is 7.62. The SMILES string of the molecule is Cl.Nc1cccc(CN2C(=O)CN(NC(=O)c3ccc(-c4cccc(Br)c4)o3)C2=O)c1. The van der Waals surface area contributed by atoms with Gasteiger partial charge in [-0.25, -0.2) is 9.80 Å². The summed E-state index contributed by atoms with van der Waals surface area (Å²) < 4.78 is 6.49. The van der Waals surface area contributed by atoms with Crippen molar-refractivity contribution in [2.24, 2.45) is 0 Å². The molecular weight excluding hydrogens is 488 g/mol. The molecule has 3 aromatic rings. The number of urea groups is 1. The molecule has 8 nitrogen and oxygen atoms in total. The van der Waals surface area contributed by atoms with Crippen molar-refractivity contribution in [1.29, 1.82) is 0 Å². The van der Waals surface area contributed by atoms with E-state index in [9.17, 15) is 14.4 Å². The second kappa shape index (κ2) is 9.23. The number of benzene rings is 2. The highest BCUT2D eigenvalue weighted by Gasteiger charge is 2.37. The Kier molecular flexibility index (Phi) is 6.67. The lowest BCUT2D eigenvalue weighted by molar-refractivity contribution is -0.125. The van der Waals surface area contributed by atoms with Gasteiger partial charge >= 0.3 is 11.9 Å². The average molecular weight is 506 g/mol. The van der Waals surface area contributed by atoms with Gasteiger partial charge in [0.15, 0.2) is 5.76 Å². The maximum Gasteiger partial charge on any atom is 0.346 e. The summed E-state index contributed by atoms with van der Waals surface area (Å²) in [6.07, 6.45) is 0. The van der Waals surface area contributed by atoms with E-state index in [-0.39, 0.29) is 31.3 Å². The second-order valence-electron chi connectivity index (χ2n) is 6.71. The number of imide groups is 1. The van der Waals surface area contributed by atoms with Crippen LogP contribution in [0.1, 0.15) is 16.1 Å². The van der Waals surface area contributed by atoms with Crippen molar-refractivity contribution in [2.75, 3.05) is 12.3 Å². The Bertz CT molecular complexity index is 1150. The summed E-state index contributed by atoms with van der Waals surface area (Å²) in [6.45, 7) is -0.186. The van der Waals surface area contributed by atoms with Crippen molar-refractivity contribution in [2.45, 2.75) is 6.54 Å². The molecule has 1 aliphatic rings. The number of carbonyl (C=O) groups excluding carboxylic acids is 3. The molecule has 2 heterocycles. The quantitative estimate of drug-likeness (QED) is 0.405. The van der Waals surface area contributed by atoms with Gasteiger partial charge in [0.25, 0.3) is 5.91 Å². The zero-order chi connectivity index (χ0) is 21.3. The van der Waals surface area contributed by atoms with Gasteiger partial charge in [-0.15, -0.1) is 12.4 Å². The third kappa shape index (κ3) is 4.89. The van der Waals surface area contributed by atoms with Crippen LogP contribution in [-0.4, -0.2) is 34.3 Å². The van der Waals surface area contributed by atoms with Crippen molar-refractivity contribution in [3.63, 3.8) is 0 Å². The molecule has 1 saturated heterocycles. The van der Waals surface area contributed by atoms with Crippen LogP contribution >= 0.6 is 28.3 Å². The van der Waals surface area contributed by atoms with Gasteiger partial charge in [-0.2, -0.15) is 0 Å². The van der Waals surface area contributed by atoms with Crippen molar-refractivity contribution in [1.82, 2.24) is 15.3 Å². The molecule has 0 saturated carbocycles. The van der Waals surface area contributed by atoms with Crippen LogP contribution in [0.15, 0.2) is 69.6 Å². The Morgan fingerprint density at radius 3 is 2.61 bits per heavy atom. The summed E-state index contributed by atoms with van der Waals surface area (Å²) in [4.78, 5) is 38.4. The van der Waals surface area contributed by atoms with Gasteiger partial charge in [0, 0.05) is 15.7 Å². The van der Waals surface area contributed by atoms with Gasteiger partial charge in [0.05, 0.1) is 6.54 Å². The number of furan rings is 1. The van der Waals surface area contributed by atoms with E-state index in [1.807, 2.05) is 24.3 Å². The molecule has 0 radical (unpaired) electrons. The van der Waals surface area contributed by atoms with E-state index in [4.69, 9.17) is 10.2 Å². The lowest BCUT2D eigenvalue weighted by Gasteiger charge is -2.17. The van der Waals surface area contributed by atoms with Crippen molar-refractivity contribution in [3.8, 4) is 11.3 Å². The molecule has 1 fully saturated rings. The van der Waals surface area contributed by atoms with Crippen LogP contribution in [0.25, 0.3) is 11.3 Å². The predicted molar refractivity (Wildman–Crippen MR) is 120 cm³/mol. The number of hydrazine groups is 1. The first-order valence-electron chi connectivity index (χ1n) is 9.04. The number of hydrogen-bond donors (Lipinski definition) is 2. The lowest BCUT2D eigenvalue weighted by Crippen LogP contribution is -2.44. The highest BCUT2D eigenvalue weighted by Crippen LogP contribution is 2.25. The molecule has 2 aromatic carbocycles. The van der Waals surface area contributed by atoms with Gasteiger partial charge in [-0.05, 0) is 42.0 Å². The molecule has 3 N–H and O–H groups in total. The van der Waals surface area contributed by atoms with Crippen LogP contribution in [-0.2, 0) is 11.3 Å². The third-order valence-corrected chi connectivity index (χ3v) is 5.02. The molecule has 0 bridgehead atoms. The molecule has 10 heteroatoms. The Morgan fingerprint density at radius 1 is 1.10 bits per heavy atom. The zero-order valence-corrected chi connectivity index (χ0v) is 18.5. The fourth-order valence-corrected chi connectivity index (χ4v) is 3.49. The van der Waals surface area contributed by atoms with Gasteiger partial charge in [0.1, 0.15) is 12.3 Å². The number of amides is 4. The summed E-state index contributed by atoms with van der Waals surface area (Å²) in [5, 5.41) is 0.970. The van der Waals surface area contributed by atoms with E-state index in [2.05, 4.69) is 21.4 Å². The van der Waals surface area contributed by atoms with E-state index >= 15 is 0 Å². The van der Waals surface area contributed by atoms with E-state index in [1.54, 1.807) is 30.3 Å². The molecule has 31 heavy (non-hydrogen) atoms. The Morgan fingerprint density at radius 2 is 1.87 bits per heavy atom. The van der Waals surface area contributed by atoms with E-state index < -0.39 is 17.8 Å². The third-order valence-electron chi connectivity index (χ3n) is 4.52. The molecule has 0 aliphatic carbocycles. The minimum Gasteiger partial charge on any atom is -0.451 e. The van der Waals surface area contributed by atoms with E-state index in [0.29, 0.717) is 11.4 Å². The maximum atomic E-state index is 12.6. The van der Waals surface area contributed by atoms with Crippen molar-refractivity contribution in [3.05, 3.63) is 76.5 Å². The lowest BCUT2D eigenvalue weighted by atomic mass is 10.2. The topological polar surface area (TPSA) is 109 Å². The zero-order valence-electron chi connectivity index (χ0n) is 16.1. The molecule has 1 aromatic heterocycles. The molecule has 0 unspecified atom stereocenters. The molecule has 4 rings (SSSR count). The Balaban J connectivity index is 0.00000272. The first-order chi connectivity index (χ1) is 14.4. The molecule has 1 aliphatic heterocycles. The summed E-state index contributed by atoms with van der Waals surface area (Å²) in [5.74, 6) is -0.506. The van der Waals surface area contributed by atoms with Crippen LogP contribution < -0.4 is 11.2 Å². The van der Waals surface area contributed by atoms with Gasteiger partial charge in [-0.3, -0.25) is 19.9 Å². The fraction of sp³-hybridized carbons (Fsp3) is 0.0952. The smallest absolute Gasteiger partial charge is 0.346 e. The van der Waals surface area contributed by atoms with Gasteiger partial charge in [-0.1, -0.05) is 40.2 Å². The highest BCUT2D eigenvalue weighted by atomic mass is 79.9. The van der Waals surface area contributed by atoms with Crippen molar-refractivity contribution >= 4 is 51.9 Å². The highest BCUT2D eigenvalue weighted by molar-refractivity contribution is 9.10. The Labute approximate surface area is 192 Å². The van der Waals surface area contributed by atoms with Crippen LogP contribution in [0.2, 0.25) is 0 Å². The minimum atomic E-state index is -0.622. The summed E-state index contributed by atoms with van der Waals surface area (Å²) in [7, 11) is 0. The number of nitrogens with zero attached hydrogens (tertiary/aromatic N) is 2. The molecule has 0 atom stereocenters. The maximum absolute atomic E-state index is 12.6. The van der Waals surface area contributed by atoms with Crippen molar-refractivity contribution < 1.29 is 18.8 Å². The number of anilines is 1. The van der Waals surface area contributed by atoms with E-state index in [1.165, 1.54) is 6.07 Å². The molecule has 0 spiro atoms. The van der Waals surface area contributed by atoms with Crippen LogP contribution in [0, 0.1) is 0 Å². The number of halogens is 2. The van der Waals surface area contributed by atoms with Gasteiger partial charge in [0.2, 0.25) is 0 Å².